The van der Waals surface area contributed by atoms with Gasteiger partial charge >= 0.3 is 0 Å². The lowest BCUT2D eigenvalue weighted by molar-refractivity contribution is 0.371. The van der Waals surface area contributed by atoms with E-state index in [0.717, 1.165) is 38.6 Å². The molecule has 112 valence electrons. The predicted octanol–water partition coefficient (Wildman–Crippen LogP) is 3.42. The molecular weight excluding hydrogens is 294 g/mol. The van der Waals surface area contributed by atoms with Crippen molar-refractivity contribution in [2.75, 3.05) is 6.54 Å². The lowest BCUT2D eigenvalue weighted by atomic mass is 9.95. The Morgan fingerprint density at radius 3 is 2.75 bits per heavy atom. The largest absolute Gasteiger partial charge is 0.313 e. The first-order chi connectivity index (χ1) is 9.55. The van der Waals surface area contributed by atoms with Crippen LogP contribution in [0.15, 0.2) is 29.2 Å². The molecule has 0 heterocycles. The number of rotatable bonds is 5. The van der Waals surface area contributed by atoms with E-state index in [1.165, 1.54) is 0 Å². The molecule has 1 fully saturated rings. The Balaban J connectivity index is 2.26. The quantitative estimate of drug-likeness (QED) is 0.905. The third-order valence-electron chi connectivity index (χ3n) is 3.88. The third kappa shape index (κ3) is 3.54. The zero-order valence-corrected chi connectivity index (χ0v) is 13.4. The topological polar surface area (TPSA) is 46.2 Å². The lowest BCUT2D eigenvalue weighted by Gasteiger charge is -2.32. The lowest BCUT2D eigenvalue weighted by Crippen LogP contribution is -2.46. The van der Waals surface area contributed by atoms with Crippen LogP contribution in [0, 0.1) is 0 Å². The minimum absolute atomic E-state index is 0.0627. The minimum Gasteiger partial charge on any atom is -0.313 e. The first-order valence-electron chi connectivity index (χ1n) is 7.28. The summed E-state index contributed by atoms with van der Waals surface area (Å²) in [5, 5.41) is 3.54. The summed E-state index contributed by atoms with van der Waals surface area (Å²) in [6, 6.07) is 6.67. The van der Waals surface area contributed by atoms with Crippen molar-refractivity contribution in [3.63, 3.8) is 0 Å². The summed E-state index contributed by atoms with van der Waals surface area (Å²) in [7, 11) is -3.31. The van der Waals surface area contributed by atoms with Gasteiger partial charge in [-0.05, 0) is 44.0 Å². The van der Waals surface area contributed by atoms with Gasteiger partial charge in [0.1, 0.15) is 0 Å². The van der Waals surface area contributed by atoms with Crippen LogP contribution in [0.3, 0.4) is 0 Å². The smallest absolute Gasteiger partial charge is 0.182 e. The highest BCUT2D eigenvalue weighted by Crippen LogP contribution is 2.30. The van der Waals surface area contributed by atoms with Gasteiger partial charge in [0.25, 0.3) is 0 Å². The molecule has 0 radical (unpaired) electrons. The number of sulfone groups is 1. The van der Waals surface area contributed by atoms with Crippen LogP contribution in [0.2, 0.25) is 5.02 Å². The average molecular weight is 316 g/mol. The highest BCUT2D eigenvalue weighted by Gasteiger charge is 2.36. The van der Waals surface area contributed by atoms with Gasteiger partial charge < -0.3 is 5.32 Å². The number of nitrogens with one attached hydrogen (secondary N) is 1. The van der Waals surface area contributed by atoms with Crippen LogP contribution >= 0.6 is 11.6 Å². The molecule has 0 aliphatic heterocycles. The monoisotopic (exact) mass is 315 g/mol. The molecule has 2 rings (SSSR count). The Labute approximate surface area is 126 Å². The van der Waals surface area contributed by atoms with Crippen LogP contribution in [-0.4, -0.2) is 26.3 Å². The molecule has 20 heavy (non-hydrogen) atoms. The van der Waals surface area contributed by atoms with Crippen LogP contribution in [0.4, 0.5) is 0 Å². The van der Waals surface area contributed by atoms with Gasteiger partial charge in [0.05, 0.1) is 10.1 Å². The molecule has 2 atom stereocenters. The maximum Gasteiger partial charge on any atom is 0.182 e. The molecule has 5 heteroatoms. The maximum atomic E-state index is 12.8. The van der Waals surface area contributed by atoms with Gasteiger partial charge in [-0.25, -0.2) is 8.42 Å². The third-order valence-corrected chi connectivity index (χ3v) is 6.39. The highest BCUT2D eigenvalue weighted by molar-refractivity contribution is 7.92. The van der Waals surface area contributed by atoms with Crippen molar-refractivity contribution in [3.8, 4) is 0 Å². The predicted molar refractivity (Wildman–Crippen MR) is 83.0 cm³/mol. The van der Waals surface area contributed by atoms with Gasteiger partial charge in [0.2, 0.25) is 0 Å². The summed E-state index contributed by atoms with van der Waals surface area (Å²) < 4.78 is 25.6. The fraction of sp³-hybridized carbons (Fsp3) is 0.600. The van der Waals surface area contributed by atoms with Crippen LogP contribution in [0.1, 0.15) is 39.0 Å². The van der Waals surface area contributed by atoms with Crippen molar-refractivity contribution in [3.05, 3.63) is 29.3 Å². The fourth-order valence-electron chi connectivity index (χ4n) is 2.85. The van der Waals surface area contributed by atoms with Gasteiger partial charge in [-0.3, -0.25) is 0 Å². The molecule has 0 saturated heterocycles. The molecule has 0 aromatic heterocycles. The minimum atomic E-state index is -3.31. The molecule has 1 aliphatic rings. The van der Waals surface area contributed by atoms with Crippen LogP contribution in [0.5, 0.6) is 0 Å². The maximum absolute atomic E-state index is 12.8. The summed E-state index contributed by atoms with van der Waals surface area (Å²) in [5.74, 6) is 0. The summed E-state index contributed by atoms with van der Waals surface area (Å²) in [6.07, 6.45) is 4.76. The Morgan fingerprint density at radius 1 is 1.30 bits per heavy atom. The van der Waals surface area contributed by atoms with Gasteiger partial charge in [0.15, 0.2) is 9.84 Å². The van der Waals surface area contributed by atoms with E-state index in [0.29, 0.717) is 9.92 Å². The SMILES string of the molecule is CCCNC1CCCCC1S(=O)(=O)c1cccc(Cl)c1. The molecule has 0 spiro atoms. The molecule has 1 aliphatic carbocycles. The van der Waals surface area contributed by atoms with E-state index in [1.807, 2.05) is 0 Å². The van der Waals surface area contributed by atoms with Crippen molar-refractivity contribution in [1.29, 1.82) is 0 Å². The van der Waals surface area contributed by atoms with Gasteiger partial charge in [-0.15, -0.1) is 0 Å². The summed E-state index contributed by atoms with van der Waals surface area (Å²) >= 11 is 5.93. The number of hydrogen-bond donors (Lipinski definition) is 1. The Morgan fingerprint density at radius 2 is 2.05 bits per heavy atom. The summed E-state index contributed by atoms with van der Waals surface area (Å²) in [6.45, 7) is 2.96. The number of benzene rings is 1. The first kappa shape index (κ1) is 15.8. The van der Waals surface area contributed by atoms with Crippen LogP contribution < -0.4 is 5.32 Å². The van der Waals surface area contributed by atoms with Crippen molar-refractivity contribution < 1.29 is 8.42 Å². The Kier molecular flexibility index (Phi) is 5.47. The zero-order chi connectivity index (χ0) is 14.6. The second-order valence-corrected chi connectivity index (χ2v) is 7.99. The second kappa shape index (κ2) is 6.92. The molecule has 2 unspecified atom stereocenters. The van der Waals surface area contributed by atoms with E-state index in [9.17, 15) is 8.42 Å². The second-order valence-electron chi connectivity index (χ2n) is 5.39. The van der Waals surface area contributed by atoms with Crippen molar-refractivity contribution in [2.45, 2.75) is 55.2 Å². The molecule has 3 nitrogen and oxygen atoms in total. The molecule has 1 saturated carbocycles. The van der Waals surface area contributed by atoms with Crippen molar-refractivity contribution >= 4 is 21.4 Å². The standard InChI is InChI=1S/C15H22ClNO2S/c1-2-10-17-14-8-3-4-9-15(14)20(18,19)13-7-5-6-12(16)11-13/h5-7,11,14-15,17H,2-4,8-10H2,1H3. The van der Waals surface area contributed by atoms with Crippen LogP contribution in [0.25, 0.3) is 0 Å². The van der Waals surface area contributed by atoms with E-state index in [-0.39, 0.29) is 11.3 Å². The van der Waals surface area contributed by atoms with Crippen molar-refractivity contribution in [1.82, 2.24) is 5.32 Å². The van der Waals surface area contributed by atoms with E-state index in [1.54, 1.807) is 24.3 Å². The first-order valence-corrected chi connectivity index (χ1v) is 9.21. The number of halogens is 1. The van der Waals surface area contributed by atoms with E-state index in [2.05, 4.69) is 12.2 Å². The van der Waals surface area contributed by atoms with Gasteiger partial charge in [0, 0.05) is 11.1 Å². The van der Waals surface area contributed by atoms with Gasteiger partial charge in [-0.1, -0.05) is 37.4 Å². The molecule has 1 aromatic rings. The molecule has 0 bridgehead atoms. The van der Waals surface area contributed by atoms with E-state index in [4.69, 9.17) is 11.6 Å². The average Bonchev–Trinajstić information content (AvgIpc) is 2.45. The Bertz CT molecular complexity index is 545. The van der Waals surface area contributed by atoms with Crippen molar-refractivity contribution in [2.24, 2.45) is 0 Å². The van der Waals surface area contributed by atoms with Crippen LogP contribution in [-0.2, 0) is 9.84 Å². The molecule has 1 aromatic carbocycles. The number of hydrogen-bond acceptors (Lipinski definition) is 3. The van der Waals surface area contributed by atoms with Gasteiger partial charge in [-0.2, -0.15) is 0 Å². The molecule has 1 N–H and O–H groups in total. The summed E-state index contributed by atoms with van der Waals surface area (Å²) in [5.41, 5.74) is 0. The Hall–Kier alpha value is -0.580. The highest BCUT2D eigenvalue weighted by atomic mass is 35.5. The normalized spacial score (nSPS) is 23.7. The summed E-state index contributed by atoms with van der Waals surface area (Å²) in [4.78, 5) is 0.347. The van der Waals surface area contributed by atoms with E-state index < -0.39 is 9.84 Å². The molecule has 0 amide bonds. The molecular formula is C15H22ClNO2S. The van der Waals surface area contributed by atoms with E-state index >= 15 is 0 Å². The zero-order valence-electron chi connectivity index (χ0n) is 11.8. The fourth-order valence-corrected chi connectivity index (χ4v) is 5.16.